The molecule has 1 unspecified atom stereocenters. The molecule has 11 nitrogen and oxygen atoms in total. The van der Waals surface area contributed by atoms with Crippen molar-refractivity contribution in [2.75, 3.05) is 58.5 Å². The standard InChI is InChI=1S/C35H42F2N6O5/c1-47-22-29-31(33(44)48-2)32(24-11-12-27(36)28(37)19-24)43(35(46)40-29)34(45)39-15-5-7-23-8-6-16-42(21-23)26-13-17-41(18-14-26)30-10-4-3-9-25(30)20-38/h3-4,9-12,19,23,26,32H,5-8,13-18,21-22H2,1-2H3,(H,39,45)(H,40,46)/t23?,32-/m0/s1. The second-order valence-electron chi connectivity index (χ2n) is 12.4. The number of para-hydroxylation sites is 1. The van der Waals surface area contributed by atoms with E-state index in [1.165, 1.54) is 13.2 Å². The Balaban J connectivity index is 1.18. The van der Waals surface area contributed by atoms with E-state index in [9.17, 15) is 28.4 Å². The average molecular weight is 665 g/mol. The molecular formula is C35H42F2N6O5. The van der Waals surface area contributed by atoms with Crippen molar-refractivity contribution in [3.8, 4) is 6.07 Å². The summed E-state index contributed by atoms with van der Waals surface area (Å²) in [5, 5.41) is 14.8. The van der Waals surface area contributed by atoms with Crippen LogP contribution in [0.1, 0.15) is 55.7 Å². The van der Waals surface area contributed by atoms with Crippen LogP contribution in [-0.4, -0.2) is 87.4 Å². The minimum absolute atomic E-state index is 0.0234. The van der Waals surface area contributed by atoms with E-state index in [0.717, 1.165) is 88.1 Å². The summed E-state index contributed by atoms with van der Waals surface area (Å²) in [4.78, 5) is 45.3. The molecule has 2 N–H and O–H groups in total. The third kappa shape index (κ3) is 7.77. The van der Waals surface area contributed by atoms with Gasteiger partial charge in [-0.2, -0.15) is 5.26 Å². The predicted molar refractivity (Wildman–Crippen MR) is 174 cm³/mol. The number of carbonyl (C=O) groups excluding carboxylic acids is 3. The van der Waals surface area contributed by atoms with Gasteiger partial charge in [0.2, 0.25) is 0 Å². The SMILES string of the molecule is COCC1=C(C(=O)OC)[C@H](c2ccc(F)c(F)c2)N(C(=O)NCCCC2CCCN(C3CCN(c4ccccc4C#N)CC3)C2)C(=O)N1. The number of esters is 1. The molecule has 256 valence electrons. The van der Waals surface area contributed by atoms with E-state index in [2.05, 4.69) is 26.5 Å². The van der Waals surface area contributed by atoms with Crippen LogP contribution in [0.2, 0.25) is 0 Å². The minimum Gasteiger partial charge on any atom is -0.466 e. The Morgan fingerprint density at radius 2 is 1.83 bits per heavy atom. The summed E-state index contributed by atoms with van der Waals surface area (Å²) in [5.41, 5.74) is 1.67. The first kappa shape index (κ1) is 34.8. The highest BCUT2D eigenvalue weighted by atomic mass is 19.2. The molecule has 2 saturated heterocycles. The number of anilines is 1. The van der Waals surface area contributed by atoms with E-state index in [1.807, 2.05) is 24.3 Å². The fraction of sp³-hybridized carbons (Fsp3) is 0.486. The van der Waals surface area contributed by atoms with E-state index >= 15 is 0 Å². The Morgan fingerprint density at radius 1 is 1.06 bits per heavy atom. The summed E-state index contributed by atoms with van der Waals surface area (Å²) in [6, 6.07) is 10.5. The molecular weight excluding hydrogens is 622 g/mol. The third-order valence-corrected chi connectivity index (χ3v) is 9.47. The topological polar surface area (TPSA) is 127 Å². The zero-order valence-electron chi connectivity index (χ0n) is 27.3. The molecule has 2 fully saturated rings. The Kier molecular flexibility index (Phi) is 11.6. The maximum atomic E-state index is 14.3. The van der Waals surface area contributed by atoms with Crippen molar-refractivity contribution >= 4 is 23.7 Å². The number of benzene rings is 2. The van der Waals surface area contributed by atoms with Gasteiger partial charge in [0, 0.05) is 39.3 Å². The molecule has 2 aromatic rings. The molecule has 48 heavy (non-hydrogen) atoms. The summed E-state index contributed by atoms with van der Waals surface area (Å²) in [6.45, 7) is 3.96. The van der Waals surface area contributed by atoms with Crippen LogP contribution in [0.5, 0.6) is 0 Å². The van der Waals surface area contributed by atoms with E-state index in [1.54, 1.807) is 0 Å². The van der Waals surface area contributed by atoms with Gasteiger partial charge in [-0.05, 0) is 80.8 Å². The smallest absolute Gasteiger partial charge is 0.338 e. The van der Waals surface area contributed by atoms with Crippen LogP contribution < -0.4 is 15.5 Å². The first-order valence-corrected chi connectivity index (χ1v) is 16.4. The number of methoxy groups -OCH3 is 2. The molecule has 2 atom stereocenters. The summed E-state index contributed by atoms with van der Waals surface area (Å²) < 4.78 is 38.2. The molecule has 0 radical (unpaired) electrons. The number of carbonyl (C=O) groups is 3. The average Bonchev–Trinajstić information content (AvgIpc) is 3.11. The molecule has 3 aliphatic rings. The van der Waals surface area contributed by atoms with Gasteiger partial charge < -0.3 is 25.0 Å². The Hall–Kier alpha value is -4.54. The first-order valence-electron chi connectivity index (χ1n) is 16.4. The zero-order chi connectivity index (χ0) is 34.2. The fourth-order valence-electron chi connectivity index (χ4n) is 7.13. The molecule has 5 rings (SSSR count). The lowest BCUT2D eigenvalue weighted by molar-refractivity contribution is -0.137. The molecule has 3 aliphatic heterocycles. The van der Waals surface area contributed by atoms with Gasteiger partial charge in [0.05, 0.1) is 36.2 Å². The van der Waals surface area contributed by atoms with Gasteiger partial charge in [0.1, 0.15) is 12.1 Å². The van der Waals surface area contributed by atoms with Crippen LogP contribution in [0.4, 0.5) is 24.1 Å². The summed E-state index contributed by atoms with van der Waals surface area (Å²) in [5.74, 6) is -2.68. The number of urea groups is 2. The minimum atomic E-state index is -1.38. The highest BCUT2D eigenvalue weighted by Crippen LogP contribution is 2.35. The quantitative estimate of drug-likeness (QED) is 0.273. The van der Waals surface area contributed by atoms with Gasteiger partial charge in [0.15, 0.2) is 11.6 Å². The van der Waals surface area contributed by atoms with Crippen LogP contribution >= 0.6 is 0 Å². The van der Waals surface area contributed by atoms with Crippen molar-refractivity contribution < 1.29 is 32.6 Å². The summed E-state index contributed by atoms with van der Waals surface area (Å²) >= 11 is 0. The Labute approximate surface area is 279 Å². The number of halogens is 2. The van der Waals surface area contributed by atoms with Gasteiger partial charge in [-0.1, -0.05) is 18.2 Å². The molecule has 2 aromatic carbocycles. The van der Waals surface area contributed by atoms with E-state index < -0.39 is 35.7 Å². The largest absolute Gasteiger partial charge is 0.466 e. The number of amides is 4. The molecule has 0 aromatic heterocycles. The Morgan fingerprint density at radius 3 is 2.54 bits per heavy atom. The van der Waals surface area contributed by atoms with Gasteiger partial charge in [-0.3, -0.25) is 4.90 Å². The predicted octanol–water partition coefficient (Wildman–Crippen LogP) is 4.85. The lowest BCUT2D eigenvalue weighted by atomic mass is 9.90. The Bertz CT molecular complexity index is 1570. The van der Waals surface area contributed by atoms with Crippen molar-refractivity contribution in [2.45, 2.75) is 50.6 Å². The monoisotopic (exact) mass is 664 g/mol. The molecule has 0 saturated carbocycles. The fourth-order valence-corrected chi connectivity index (χ4v) is 7.13. The van der Waals surface area contributed by atoms with E-state index in [-0.39, 0.29) is 30.0 Å². The molecule has 13 heteroatoms. The van der Waals surface area contributed by atoms with Crippen LogP contribution in [0.3, 0.4) is 0 Å². The lowest BCUT2D eigenvalue weighted by Gasteiger charge is -2.43. The summed E-state index contributed by atoms with van der Waals surface area (Å²) in [6.07, 6.45) is 5.83. The van der Waals surface area contributed by atoms with Crippen LogP contribution in [-0.2, 0) is 14.3 Å². The molecule has 4 amide bonds. The molecule has 0 aliphatic carbocycles. The van der Waals surface area contributed by atoms with Gasteiger partial charge in [-0.25, -0.2) is 28.1 Å². The molecule has 0 bridgehead atoms. The number of piperidine rings is 2. The highest BCUT2D eigenvalue weighted by Gasteiger charge is 2.43. The van der Waals surface area contributed by atoms with Gasteiger partial charge in [-0.15, -0.1) is 0 Å². The second-order valence-corrected chi connectivity index (χ2v) is 12.4. The number of likely N-dealkylation sites (tertiary alicyclic amines) is 1. The zero-order valence-corrected chi connectivity index (χ0v) is 27.3. The van der Waals surface area contributed by atoms with Crippen molar-refractivity contribution in [3.05, 3.63) is 76.5 Å². The highest BCUT2D eigenvalue weighted by molar-refractivity contribution is 6.01. The normalized spacial score (nSPS) is 20.7. The van der Waals surface area contributed by atoms with E-state index in [0.29, 0.717) is 23.9 Å². The number of hydrogen-bond donors (Lipinski definition) is 2. The number of nitriles is 1. The lowest BCUT2D eigenvalue weighted by Crippen LogP contribution is -2.55. The van der Waals surface area contributed by atoms with Crippen LogP contribution in [0.25, 0.3) is 0 Å². The number of imide groups is 1. The van der Waals surface area contributed by atoms with Gasteiger partial charge >= 0.3 is 18.0 Å². The van der Waals surface area contributed by atoms with Gasteiger partial charge in [0.25, 0.3) is 0 Å². The number of hydrogen-bond acceptors (Lipinski definition) is 8. The van der Waals surface area contributed by atoms with Crippen molar-refractivity contribution in [3.63, 3.8) is 0 Å². The summed E-state index contributed by atoms with van der Waals surface area (Å²) in [7, 11) is 2.51. The van der Waals surface area contributed by atoms with Crippen molar-refractivity contribution in [1.29, 1.82) is 5.26 Å². The number of nitrogens with one attached hydrogen (secondary N) is 2. The maximum absolute atomic E-state index is 14.3. The van der Waals surface area contributed by atoms with Crippen LogP contribution in [0, 0.1) is 28.9 Å². The molecule has 3 heterocycles. The van der Waals surface area contributed by atoms with E-state index in [4.69, 9.17) is 9.47 Å². The molecule has 0 spiro atoms. The second kappa shape index (κ2) is 16.0. The van der Waals surface area contributed by atoms with Crippen LogP contribution in [0.15, 0.2) is 53.7 Å². The van der Waals surface area contributed by atoms with Crippen molar-refractivity contribution in [1.82, 2.24) is 20.4 Å². The van der Waals surface area contributed by atoms with Crippen molar-refractivity contribution in [2.24, 2.45) is 5.92 Å². The number of nitrogens with zero attached hydrogens (tertiary/aromatic N) is 4. The number of ether oxygens (including phenoxy) is 2. The maximum Gasteiger partial charge on any atom is 0.338 e. The third-order valence-electron chi connectivity index (χ3n) is 9.47. The first-order chi connectivity index (χ1) is 23.2. The number of rotatable bonds is 10.